The fourth-order valence-corrected chi connectivity index (χ4v) is 4.17. The fraction of sp³-hybridized carbons (Fsp3) is 0.632. The molecule has 0 spiro atoms. The van der Waals surface area contributed by atoms with Crippen molar-refractivity contribution in [3.05, 3.63) is 29.8 Å². The number of nitrogens with two attached hydrogens (primary N) is 1. The number of amides is 1. The van der Waals surface area contributed by atoms with Crippen LogP contribution in [0.3, 0.4) is 0 Å². The first-order valence-corrected chi connectivity index (χ1v) is 9.26. The molecule has 6 heteroatoms. The van der Waals surface area contributed by atoms with E-state index < -0.39 is 0 Å². The van der Waals surface area contributed by atoms with Gasteiger partial charge in [-0.1, -0.05) is 18.2 Å². The maximum Gasteiger partial charge on any atom is 0.222 e. The van der Waals surface area contributed by atoms with Gasteiger partial charge in [-0.25, -0.2) is 0 Å². The zero-order chi connectivity index (χ0) is 17.6. The molecule has 0 aliphatic carbocycles. The smallest absolute Gasteiger partial charge is 0.222 e. The summed E-state index contributed by atoms with van der Waals surface area (Å²) in [5.74, 6) is 1.65. The van der Waals surface area contributed by atoms with Crippen LogP contribution in [0.1, 0.15) is 24.8 Å². The number of rotatable bonds is 7. The molecular weight excluding hydrogens is 318 g/mol. The second-order valence-corrected chi connectivity index (χ2v) is 6.95. The number of para-hydroxylation sites is 1. The number of nitrogens with zero attached hydrogens (tertiary/aromatic N) is 2. The van der Waals surface area contributed by atoms with Crippen LogP contribution in [-0.4, -0.2) is 66.2 Å². The summed E-state index contributed by atoms with van der Waals surface area (Å²) in [5, 5.41) is 8.98. The van der Waals surface area contributed by atoms with E-state index in [9.17, 15) is 4.79 Å². The Kier molecular flexibility index (Phi) is 6.29. The summed E-state index contributed by atoms with van der Waals surface area (Å²) < 4.78 is 5.65. The SMILES string of the molecule is NCCN1C(=O)CC[C@H]2CN(Cc3ccccc3OCCO)CC[C@H]21. The molecule has 1 aromatic rings. The molecule has 2 aliphatic heterocycles. The van der Waals surface area contributed by atoms with Gasteiger partial charge in [0.1, 0.15) is 12.4 Å². The van der Waals surface area contributed by atoms with E-state index in [2.05, 4.69) is 11.0 Å². The number of aliphatic hydroxyl groups is 1. The average molecular weight is 347 g/mol. The van der Waals surface area contributed by atoms with Crippen LogP contribution < -0.4 is 10.5 Å². The van der Waals surface area contributed by atoms with Crippen molar-refractivity contribution in [3.63, 3.8) is 0 Å². The Morgan fingerprint density at radius 3 is 2.92 bits per heavy atom. The molecule has 2 atom stereocenters. The summed E-state index contributed by atoms with van der Waals surface area (Å²) in [4.78, 5) is 16.7. The van der Waals surface area contributed by atoms with Gasteiger partial charge in [-0.15, -0.1) is 0 Å². The van der Waals surface area contributed by atoms with E-state index in [1.165, 1.54) is 0 Å². The van der Waals surface area contributed by atoms with Crippen molar-refractivity contribution in [1.82, 2.24) is 9.80 Å². The van der Waals surface area contributed by atoms with Crippen molar-refractivity contribution in [2.24, 2.45) is 11.7 Å². The minimum Gasteiger partial charge on any atom is -0.491 e. The number of benzene rings is 1. The van der Waals surface area contributed by atoms with Crippen molar-refractivity contribution in [2.75, 3.05) is 39.4 Å². The molecule has 3 N–H and O–H groups in total. The molecule has 0 aromatic heterocycles. The van der Waals surface area contributed by atoms with Crippen LogP contribution in [0.25, 0.3) is 0 Å². The molecule has 6 nitrogen and oxygen atoms in total. The number of hydrogen-bond donors (Lipinski definition) is 2. The van der Waals surface area contributed by atoms with E-state index in [4.69, 9.17) is 15.6 Å². The number of piperidine rings is 2. The minimum absolute atomic E-state index is 0.0206. The molecule has 138 valence electrons. The number of hydrogen-bond acceptors (Lipinski definition) is 5. The number of ether oxygens (including phenoxy) is 1. The van der Waals surface area contributed by atoms with Gasteiger partial charge in [0.15, 0.2) is 0 Å². The van der Waals surface area contributed by atoms with Crippen LogP contribution in [0.4, 0.5) is 0 Å². The standard InChI is InChI=1S/C19H29N3O3/c20-8-10-22-17-7-9-21(13-15(17)5-6-19(22)24)14-16-3-1-2-4-18(16)25-12-11-23/h1-4,15,17,23H,5-14,20H2/t15-,17+/m0/s1. The van der Waals surface area contributed by atoms with Crippen molar-refractivity contribution in [3.8, 4) is 5.75 Å². The quantitative estimate of drug-likeness (QED) is 0.764. The van der Waals surface area contributed by atoms with Gasteiger partial charge in [0.05, 0.1) is 6.61 Å². The van der Waals surface area contributed by atoms with E-state index in [-0.39, 0.29) is 12.5 Å². The van der Waals surface area contributed by atoms with Crippen molar-refractivity contribution in [2.45, 2.75) is 31.8 Å². The van der Waals surface area contributed by atoms with Crippen LogP contribution in [0.15, 0.2) is 24.3 Å². The Labute approximate surface area is 149 Å². The van der Waals surface area contributed by atoms with Gasteiger partial charge >= 0.3 is 0 Å². The van der Waals surface area contributed by atoms with E-state index in [0.29, 0.717) is 38.1 Å². The first-order valence-electron chi connectivity index (χ1n) is 9.26. The van der Waals surface area contributed by atoms with E-state index in [1.807, 2.05) is 23.1 Å². The highest BCUT2D eigenvalue weighted by Gasteiger charge is 2.38. The molecule has 1 aromatic carbocycles. The van der Waals surface area contributed by atoms with Gasteiger partial charge in [-0.2, -0.15) is 0 Å². The van der Waals surface area contributed by atoms with Crippen LogP contribution in [0, 0.1) is 5.92 Å². The highest BCUT2D eigenvalue weighted by molar-refractivity contribution is 5.77. The molecule has 2 fully saturated rings. The van der Waals surface area contributed by atoms with Crippen LogP contribution in [0.5, 0.6) is 5.75 Å². The highest BCUT2D eigenvalue weighted by Crippen LogP contribution is 2.32. The van der Waals surface area contributed by atoms with Crippen molar-refractivity contribution in [1.29, 1.82) is 0 Å². The van der Waals surface area contributed by atoms with E-state index in [0.717, 1.165) is 43.8 Å². The molecule has 0 bridgehead atoms. The molecule has 3 rings (SSSR count). The first-order chi connectivity index (χ1) is 12.2. The third-order valence-electron chi connectivity index (χ3n) is 5.31. The van der Waals surface area contributed by atoms with Crippen LogP contribution in [0.2, 0.25) is 0 Å². The monoisotopic (exact) mass is 347 g/mol. The Morgan fingerprint density at radius 2 is 2.12 bits per heavy atom. The minimum atomic E-state index is 0.0206. The van der Waals surface area contributed by atoms with Gasteiger partial charge in [-0.05, 0) is 24.8 Å². The van der Waals surface area contributed by atoms with Gasteiger partial charge in [0, 0.05) is 50.7 Å². The second-order valence-electron chi connectivity index (χ2n) is 6.95. The molecule has 25 heavy (non-hydrogen) atoms. The summed E-state index contributed by atoms with van der Waals surface area (Å²) in [6, 6.07) is 8.38. The summed E-state index contributed by atoms with van der Waals surface area (Å²) in [7, 11) is 0. The average Bonchev–Trinajstić information content (AvgIpc) is 2.63. The van der Waals surface area contributed by atoms with Gasteiger partial charge in [0.25, 0.3) is 0 Å². The first kappa shape index (κ1) is 18.2. The molecule has 0 radical (unpaired) electrons. The number of carbonyl (C=O) groups excluding carboxylic acids is 1. The summed E-state index contributed by atoms with van der Waals surface area (Å²) in [6.45, 7) is 4.38. The lowest BCUT2D eigenvalue weighted by molar-refractivity contribution is -0.141. The normalized spacial score (nSPS) is 24.2. The molecule has 0 saturated carbocycles. The maximum absolute atomic E-state index is 12.2. The van der Waals surface area contributed by atoms with Crippen molar-refractivity contribution < 1.29 is 14.6 Å². The summed E-state index contributed by atoms with van der Waals surface area (Å²) >= 11 is 0. The predicted octanol–water partition coefficient (Wildman–Crippen LogP) is 0.829. The third kappa shape index (κ3) is 4.32. The summed E-state index contributed by atoms with van der Waals surface area (Å²) in [6.07, 6.45) is 2.63. The molecule has 1 amide bonds. The predicted molar refractivity (Wildman–Crippen MR) is 96.2 cm³/mol. The Morgan fingerprint density at radius 1 is 1.28 bits per heavy atom. The highest BCUT2D eigenvalue weighted by atomic mass is 16.5. The topological polar surface area (TPSA) is 79.0 Å². The van der Waals surface area contributed by atoms with E-state index in [1.54, 1.807) is 0 Å². The fourth-order valence-electron chi connectivity index (χ4n) is 4.17. The van der Waals surface area contributed by atoms with Crippen LogP contribution in [-0.2, 0) is 11.3 Å². The van der Waals surface area contributed by atoms with Gasteiger partial charge in [0.2, 0.25) is 5.91 Å². The molecule has 2 heterocycles. The Bertz CT molecular complexity index is 581. The Hall–Kier alpha value is -1.63. The third-order valence-corrected chi connectivity index (χ3v) is 5.31. The second kappa shape index (κ2) is 8.65. The lowest BCUT2D eigenvalue weighted by Gasteiger charge is -2.47. The number of fused-ring (bicyclic) bond motifs is 1. The zero-order valence-corrected chi connectivity index (χ0v) is 14.8. The van der Waals surface area contributed by atoms with E-state index >= 15 is 0 Å². The van der Waals surface area contributed by atoms with Gasteiger partial charge < -0.3 is 20.5 Å². The molecular formula is C19H29N3O3. The molecule has 0 unspecified atom stereocenters. The molecule has 2 aliphatic rings. The lowest BCUT2D eigenvalue weighted by atomic mass is 9.83. The van der Waals surface area contributed by atoms with Crippen LogP contribution >= 0.6 is 0 Å². The summed E-state index contributed by atoms with van der Waals surface area (Å²) in [5.41, 5.74) is 6.85. The maximum atomic E-state index is 12.2. The number of aliphatic hydroxyl groups excluding tert-OH is 1. The Balaban J connectivity index is 1.63. The largest absolute Gasteiger partial charge is 0.491 e. The number of carbonyl (C=O) groups is 1. The van der Waals surface area contributed by atoms with Gasteiger partial charge in [-0.3, -0.25) is 9.69 Å². The molecule has 2 saturated heterocycles. The zero-order valence-electron chi connectivity index (χ0n) is 14.8. The van der Waals surface area contributed by atoms with Crippen molar-refractivity contribution >= 4 is 5.91 Å². The number of likely N-dealkylation sites (tertiary alicyclic amines) is 2. The lowest BCUT2D eigenvalue weighted by Crippen LogP contribution is -2.56.